The molecule has 0 saturated heterocycles. The molecule has 6 heteroatoms. The average Bonchev–Trinajstić information content (AvgIpc) is 3.24. The van der Waals surface area contributed by atoms with Gasteiger partial charge < -0.3 is 20.5 Å². The molecule has 2 atom stereocenters. The molecule has 5 nitrogen and oxygen atoms in total. The number of hydrogen-bond acceptors (Lipinski definition) is 6. The number of rotatable bonds is 6. The minimum atomic E-state index is -0.629. The first kappa shape index (κ1) is 25.9. The Morgan fingerprint density at radius 2 is 1.74 bits per heavy atom. The Morgan fingerprint density at radius 3 is 2.26 bits per heavy atom. The normalized spacial score (nSPS) is 21.7. The molecule has 27 heavy (non-hydrogen) atoms. The first-order valence-electron chi connectivity index (χ1n) is 10.0. The summed E-state index contributed by atoms with van der Waals surface area (Å²) in [5, 5.41) is 19.6. The van der Waals surface area contributed by atoms with Crippen LogP contribution in [0.4, 0.5) is 0 Å². The number of allylic oxidation sites excluding steroid dienone is 2. The van der Waals surface area contributed by atoms with Gasteiger partial charge in [-0.15, -0.1) is 0 Å². The molecule has 2 aliphatic rings. The van der Waals surface area contributed by atoms with Gasteiger partial charge in [-0.1, -0.05) is 60.2 Å². The molecule has 158 valence electrons. The van der Waals surface area contributed by atoms with E-state index in [1.54, 1.807) is 11.8 Å². The van der Waals surface area contributed by atoms with Crippen LogP contribution in [0.15, 0.2) is 35.2 Å². The molecule has 0 spiro atoms. The second kappa shape index (κ2) is 12.4. The number of thioether (sulfide) groups is 1. The highest BCUT2D eigenvalue weighted by molar-refractivity contribution is 8.04. The van der Waals surface area contributed by atoms with Crippen LogP contribution in [-0.4, -0.2) is 29.0 Å². The van der Waals surface area contributed by atoms with Crippen molar-refractivity contribution in [3.05, 3.63) is 35.2 Å². The van der Waals surface area contributed by atoms with Gasteiger partial charge in [0, 0.05) is 29.3 Å². The molecule has 0 aromatic carbocycles. The van der Waals surface area contributed by atoms with Crippen molar-refractivity contribution < 1.29 is 9.84 Å². The van der Waals surface area contributed by atoms with Crippen molar-refractivity contribution in [2.75, 3.05) is 6.54 Å². The SMILES string of the molecule is CC.CC.CC(C)(O)CCNC1NC=C(/C=C/C2NC=C(C(C)(C)C)O2)S1. The Morgan fingerprint density at radius 1 is 1.11 bits per heavy atom. The molecule has 2 rings (SSSR count). The van der Waals surface area contributed by atoms with Gasteiger partial charge in [-0.25, -0.2) is 0 Å². The minimum absolute atomic E-state index is 0.0218. The summed E-state index contributed by atoms with van der Waals surface area (Å²) in [4.78, 5) is 1.15. The van der Waals surface area contributed by atoms with Gasteiger partial charge in [0.25, 0.3) is 0 Å². The topological polar surface area (TPSA) is 65.5 Å². The fraction of sp³-hybridized carbons (Fsp3) is 0.714. The maximum atomic E-state index is 9.71. The molecule has 4 N–H and O–H groups in total. The van der Waals surface area contributed by atoms with Crippen molar-refractivity contribution in [1.82, 2.24) is 16.0 Å². The lowest BCUT2D eigenvalue weighted by molar-refractivity contribution is 0.0709. The summed E-state index contributed by atoms with van der Waals surface area (Å²) < 4.78 is 5.88. The quantitative estimate of drug-likeness (QED) is 0.522. The maximum Gasteiger partial charge on any atom is 0.189 e. The highest BCUT2D eigenvalue weighted by Crippen LogP contribution is 2.30. The zero-order valence-corrected chi connectivity index (χ0v) is 19.5. The van der Waals surface area contributed by atoms with E-state index in [-0.39, 0.29) is 17.1 Å². The van der Waals surface area contributed by atoms with Crippen LogP contribution in [0.1, 0.15) is 68.7 Å². The molecular weight excluding hydrogens is 358 g/mol. The third-order valence-corrected chi connectivity index (χ3v) is 4.57. The van der Waals surface area contributed by atoms with Gasteiger partial charge in [0.1, 0.15) is 11.3 Å². The average molecular weight is 400 g/mol. The third kappa shape index (κ3) is 10.7. The van der Waals surface area contributed by atoms with Crippen LogP contribution in [0, 0.1) is 5.41 Å². The van der Waals surface area contributed by atoms with Crippen LogP contribution in [0.25, 0.3) is 0 Å². The number of ether oxygens (including phenoxy) is 1. The summed E-state index contributed by atoms with van der Waals surface area (Å²) in [7, 11) is 0. The molecule has 0 aromatic heterocycles. The zero-order chi connectivity index (χ0) is 21.1. The smallest absolute Gasteiger partial charge is 0.189 e. The predicted molar refractivity (Wildman–Crippen MR) is 119 cm³/mol. The summed E-state index contributed by atoms with van der Waals surface area (Å²) >= 11 is 1.72. The third-order valence-electron chi connectivity index (χ3n) is 3.50. The fourth-order valence-corrected chi connectivity index (χ4v) is 2.99. The van der Waals surface area contributed by atoms with Crippen LogP contribution in [0.5, 0.6) is 0 Å². The lowest BCUT2D eigenvalue weighted by Gasteiger charge is -2.20. The van der Waals surface area contributed by atoms with Gasteiger partial charge >= 0.3 is 0 Å². The minimum Gasteiger partial charge on any atom is -0.469 e. The Hall–Kier alpha value is -1.11. The molecule has 0 saturated carbocycles. The largest absolute Gasteiger partial charge is 0.469 e. The first-order chi connectivity index (χ1) is 12.6. The molecule has 0 aromatic rings. The van der Waals surface area contributed by atoms with Crippen LogP contribution in [-0.2, 0) is 4.74 Å². The van der Waals surface area contributed by atoms with Crippen molar-refractivity contribution in [3.63, 3.8) is 0 Å². The number of aliphatic hydroxyl groups is 1. The van der Waals surface area contributed by atoms with Crippen molar-refractivity contribution >= 4 is 11.8 Å². The molecule has 0 bridgehead atoms. The molecule has 2 aliphatic heterocycles. The van der Waals surface area contributed by atoms with E-state index in [4.69, 9.17) is 4.74 Å². The van der Waals surface area contributed by atoms with Crippen LogP contribution in [0.2, 0.25) is 0 Å². The van der Waals surface area contributed by atoms with Gasteiger partial charge in [-0.05, 0) is 32.4 Å². The van der Waals surface area contributed by atoms with E-state index in [1.165, 1.54) is 0 Å². The Kier molecular flexibility index (Phi) is 11.9. The Bertz CT molecular complexity index is 503. The molecule has 2 heterocycles. The molecular formula is C21H41N3O2S. The molecule has 0 fully saturated rings. The lowest BCUT2D eigenvalue weighted by atomic mass is 9.95. The molecule has 0 radical (unpaired) electrons. The maximum absolute atomic E-state index is 9.71. The fourth-order valence-electron chi connectivity index (χ4n) is 2.09. The van der Waals surface area contributed by atoms with Crippen LogP contribution >= 0.6 is 11.8 Å². The number of hydrogen-bond donors (Lipinski definition) is 4. The van der Waals surface area contributed by atoms with E-state index in [0.29, 0.717) is 0 Å². The second-order valence-electron chi connectivity index (χ2n) is 7.55. The van der Waals surface area contributed by atoms with Crippen molar-refractivity contribution in [2.24, 2.45) is 5.41 Å². The number of nitrogens with one attached hydrogen (secondary N) is 3. The lowest BCUT2D eigenvalue weighted by Crippen LogP contribution is -2.37. The summed E-state index contributed by atoms with van der Waals surface area (Å²) in [6.45, 7) is 18.8. The summed E-state index contributed by atoms with van der Waals surface area (Å²) in [5.41, 5.74) is -0.457. The van der Waals surface area contributed by atoms with Crippen molar-refractivity contribution in [2.45, 2.75) is 86.1 Å². The van der Waals surface area contributed by atoms with E-state index in [0.717, 1.165) is 23.6 Å². The Labute approximate surface area is 171 Å². The Balaban J connectivity index is 0.00000158. The van der Waals surface area contributed by atoms with E-state index in [9.17, 15) is 5.11 Å². The summed E-state index contributed by atoms with van der Waals surface area (Å²) in [6, 6.07) is 0. The second-order valence-corrected chi connectivity index (χ2v) is 8.73. The van der Waals surface area contributed by atoms with E-state index < -0.39 is 5.60 Å². The highest BCUT2D eigenvalue weighted by atomic mass is 32.2. The van der Waals surface area contributed by atoms with Gasteiger partial charge in [0.15, 0.2) is 6.23 Å². The van der Waals surface area contributed by atoms with E-state index in [2.05, 4.69) is 42.8 Å². The first-order valence-corrected chi connectivity index (χ1v) is 10.9. The highest BCUT2D eigenvalue weighted by Gasteiger charge is 2.25. The molecule has 2 unspecified atom stereocenters. The summed E-state index contributed by atoms with van der Waals surface area (Å²) in [6.07, 6.45) is 8.65. The van der Waals surface area contributed by atoms with Crippen LogP contribution < -0.4 is 16.0 Å². The standard InChI is InChI=1S/C17H29N3O2S.2C2H6/c1-16(2,3)13-11-19-14(22-13)7-6-12-10-20-15(23-12)18-9-8-17(4,5)21;2*1-2/h6-7,10-11,14-15,18-21H,8-9H2,1-5H3;2*1-2H3/b7-6+;;. The van der Waals surface area contributed by atoms with Gasteiger partial charge in [-0.3, -0.25) is 5.32 Å². The monoisotopic (exact) mass is 399 g/mol. The van der Waals surface area contributed by atoms with Crippen LogP contribution in [0.3, 0.4) is 0 Å². The van der Waals surface area contributed by atoms with Crippen molar-refractivity contribution in [3.8, 4) is 0 Å². The predicted octanol–water partition coefficient (Wildman–Crippen LogP) is 4.64. The van der Waals surface area contributed by atoms with Gasteiger partial charge in [0.05, 0.1) is 5.60 Å². The van der Waals surface area contributed by atoms with E-state index >= 15 is 0 Å². The van der Waals surface area contributed by atoms with Crippen molar-refractivity contribution in [1.29, 1.82) is 0 Å². The van der Waals surface area contributed by atoms with Gasteiger partial charge in [0.2, 0.25) is 0 Å². The van der Waals surface area contributed by atoms with E-state index in [1.807, 2.05) is 60.0 Å². The van der Waals surface area contributed by atoms with Gasteiger partial charge in [-0.2, -0.15) is 0 Å². The summed E-state index contributed by atoms with van der Waals surface area (Å²) in [5.74, 6) is 0.976. The molecule has 0 aliphatic carbocycles. The zero-order valence-electron chi connectivity index (χ0n) is 18.6. The molecule has 0 amide bonds.